The van der Waals surface area contributed by atoms with Crippen molar-refractivity contribution in [3.05, 3.63) is 42.4 Å². The molecule has 3 heterocycles. The van der Waals surface area contributed by atoms with Crippen molar-refractivity contribution >= 4 is 42.1 Å². The molecule has 2 aliphatic rings. The van der Waals surface area contributed by atoms with E-state index in [0.29, 0.717) is 50.7 Å². The molecule has 44 heavy (non-hydrogen) atoms. The molecule has 0 atom stereocenters. The summed E-state index contributed by atoms with van der Waals surface area (Å²) >= 11 is 1.51. The number of halogens is 1. The molecule has 3 aromatic rings. The zero-order valence-corrected chi connectivity index (χ0v) is 29.1. The molecule has 0 unspecified atom stereocenters. The zero-order chi connectivity index (χ0) is 31.6. The quantitative estimate of drug-likeness (QED) is 0.0727. The van der Waals surface area contributed by atoms with Crippen LogP contribution >= 0.6 is 11.8 Å². The minimum Gasteiger partial charge on any atom is -0.468 e. The number of nitrogens with zero attached hydrogens (tertiary/aromatic N) is 4. The average Bonchev–Trinajstić information content (AvgIpc) is 3.67. The lowest BCUT2D eigenvalue weighted by molar-refractivity contribution is 0.0511. The molecule has 1 saturated heterocycles. The number of anilines is 1. The molecular formula is C35H45FN4O2SSi. The van der Waals surface area contributed by atoms with Crippen LogP contribution in [0.2, 0.25) is 16.6 Å². The van der Waals surface area contributed by atoms with Crippen molar-refractivity contribution in [2.45, 2.75) is 94.5 Å². The molecule has 6 nitrogen and oxygen atoms in total. The van der Waals surface area contributed by atoms with Gasteiger partial charge in [0.2, 0.25) is 0 Å². The third-order valence-corrected chi connectivity index (χ3v) is 16.5. The van der Waals surface area contributed by atoms with E-state index in [0.717, 1.165) is 35.2 Å². The van der Waals surface area contributed by atoms with Gasteiger partial charge in [-0.25, -0.2) is 19.3 Å². The lowest BCUT2D eigenvalue weighted by Gasteiger charge is -2.38. The molecule has 2 fully saturated rings. The maximum Gasteiger partial charge on any atom is 0.188 e. The first-order valence-electron chi connectivity index (χ1n) is 15.7. The SMILES string of the molecule is COCOc1ccc(/C(C#C[Si](C(C)C)(C(C)C)C(C)C)=C/F)c(-c2cc3nc(SC)ncc3c(N3CCCC34CC4)n2)c1. The van der Waals surface area contributed by atoms with Gasteiger partial charge in [-0.1, -0.05) is 59.2 Å². The molecule has 2 aromatic heterocycles. The van der Waals surface area contributed by atoms with Crippen LogP contribution in [0.3, 0.4) is 0 Å². The summed E-state index contributed by atoms with van der Waals surface area (Å²) in [7, 11) is -0.508. The van der Waals surface area contributed by atoms with Gasteiger partial charge in [0.1, 0.15) is 26.0 Å². The van der Waals surface area contributed by atoms with Crippen LogP contribution in [-0.2, 0) is 4.74 Å². The van der Waals surface area contributed by atoms with Crippen molar-refractivity contribution < 1.29 is 13.9 Å². The second-order valence-corrected chi connectivity index (χ2v) is 19.4. The van der Waals surface area contributed by atoms with Crippen LogP contribution in [0, 0.1) is 11.5 Å². The Hall–Kier alpha value is -2.93. The number of methoxy groups -OCH3 is 1. The van der Waals surface area contributed by atoms with Gasteiger partial charge in [0.05, 0.1) is 22.2 Å². The van der Waals surface area contributed by atoms with E-state index in [1.807, 2.05) is 36.7 Å². The van der Waals surface area contributed by atoms with E-state index in [4.69, 9.17) is 19.4 Å². The van der Waals surface area contributed by atoms with Gasteiger partial charge in [-0.2, -0.15) is 0 Å². The molecule has 234 valence electrons. The molecule has 1 spiro atoms. The first-order chi connectivity index (χ1) is 21.1. The Kier molecular flexibility index (Phi) is 9.74. The van der Waals surface area contributed by atoms with Gasteiger partial charge >= 0.3 is 0 Å². The first kappa shape index (κ1) is 32.5. The fourth-order valence-electron chi connectivity index (χ4n) is 7.32. The summed E-state index contributed by atoms with van der Waals surface area (Å²) in [6.45, 7) is 14.7. The fourth-order valence-corrected chi connectivity index (χ4v) is 12.9. The molecule has 0 amide bonds. The highest BCUT2D eigenvalue weighted by molar-refractivity contribution is 7.98. The molecule has 5 rings (SSSR count). The first-order valence-corrected chi connectivity index (χ1v) is 19.2. The van der Waals surface area contributed by atoms with Crippen molar-refractivity contribution in [1.82, 2.24) is 15.0 Å². The lowest BCUT2D eigenvalue weighted by atomic mass is 9.97. The van der Waals surface area contributed by atoms with Gasteiger partial charge in [0, 0.05) is 36.5 Å². The molecular weight excluding hydrogens is 588 g/mol. The van der Waals surface area contributed by atoms with Crippen LogP contribution < -0.4 is 9.64 Å². The van der Waals surface area contributed by atoms with Gasteiger partial charge in [-0.3, -0.25) is 0 Å². The maximum atomic E-state index is 15.0. The summed E-state index contributed by atoms with van der Waals surface area (Å²) in [6, 6.07) is 7.65. The second-order valence-electron chi connectivity index (χ2n) is 13.0. The predicted molar refractivity (Wildman–Crippen MR) is 184 cm³/mol. The van der Waals surface area contributed by atoms with Gasteiger partial charge in [0.15, 0.2) is 11.9 Å². The fraction of sp³-hybridized carbons (Fsp3) is 0.514. The number of hydrogen-bond acceptors (Lipinski definition) is 7. The van der Waals surface area contributed by atoms with Gasteiger partial charge in [-0.05, 0) is 72.8 Å². The maximum absolute atomic E-state index is 15.0. The largest absolute Gasteiger partial charge is 0.468 e. The zero-order valence-electron chi connectivity index (χ0n) is 27.3. The van der Waals surface area contributed by atoms with Crippen molar-refractivity contribution in [1.29, 1.82) is 0 Å². The molecule has 1 aliphatic carbocycles. The number of allylic oxidation sites excluding steroid dienone is 1. The summed E-state index contributed by atoms with van der Waals surface area (Å²) in [5, 5.41) is 1.64. The lowest BCUT2D eigenvalue weighted by Crippen LogP contribution is -2.43. The Morgan fingerprint density at radius 1 is 1.09 bits per heavy atom. The topological polar surface area (TPSA) is 60.4 Å². The molecule has 0 radical (unpaired) electrons. The van der Waals surface area contributed by atoms with E-state index in [1.54, 1.807) is 7.11 Å². The molecule has 0 bridgehead atoms. The predicted octanol–water partition coefficient (Wildman–Crippen LogP) is 9.06. The Morgan fingerprint density at radius 3 is 2.43 bits per heavy atom. The molecule has 9 heteroatoms. The molecule has 1 saturated carbocycles. The third-order valence-electron chi connectivity index (χ3n) is 9.69. The minimum absolute atomic E-state index is 0.104. The van der Waals surface area contributed by atoms with E-state index < -0.39 is 8.07 Å². The standard InChI is InChI=1S/C35H45FN4O2SSi/c1-23(2)44(24(3)4,25(5)6)17-12-26(20-36)28-11-10-27(42-22-41-7)18-29(28)31-19-32-30(21-37-34(39-32)43-8)33(38-31)40-16-9-13-35(40)14-15-35/h10-11,18-21,23-25H,9,13-16,22H2,1-8H3/b26-20+. The van der Waals surface area contributed by atoms with Crippen LogP contribution in [0.4, 0.5) is 10.2 Å². The summed E-state index contributed by atoms with van der Waals surface area (Å²) in [5.74, 6) is 4.87. The minimum atomic E-state index is -2.10. The highest BCUT2D eigenvalue weighted by Gasteiger charge is 2.51. The monoisotopic (exact) mass is 632 g/mol. The average molecular weight is 633 g/mol. The van der Waals surface area contributed by atoms with Gasteiger partial charge in [-0.15, -0.1) is 5.54 Å². The number of thioether (sulfide) groups is 1. The Labute approximate surface area is 267 Å². The highest BCUT2D eigenvalue weighted by Crippen LogP contribution is 2.52. The van der Waals surface area contributed by atoms with E-state index >= 15 is 0 Å². The van der Waals surface area contributed by atoms with Crippen LogP contribution in [-0.4, -0.2) is 55.3 Å². The van der Waals surface area contributed by atoms with Crippen molar-refractivity contribution in [3.63, 3.8) is 0 Å². The summed E-state index contributed by atoms with van der Waals surface area (Å²) in [6.07, 6.45) is 9.19. The van der Waals surface area contributed by atoms with Crippen LogP contribution in [0.1, 0.15) is 72.8 Å². The third kappa shape index (κ3) is 6.01. The van der Waals surface area contributed by atoms with E-state index in [2.05, 4.69) is 62.9 Å². The van der Waals surface area contributed by atoms with Gasteiger partial charge < -0.3 is 14.4 Å². The highest BCUT2D eigenvalue weighted by atomic mass is 32.2. The Balaban J connectivity index is 1.72. The number of rotatable bonds is 10. The summed E-state index contributed by atoms with van der Waals surface area (Å²) in [5.41, 5.74) is 8.51. The van der Waals surface area contributed by atoms with Crippen molar-refractivity contribution in [3.8, 4) is 28.5 Å². The van der Waals surface area contributed by atoms with Crippen molar-refractivity contribution in [2.75, 3.05) is 31.6 Å². The van der Waals surface area contributed by atoms with Crippen molar-refractivity contribution in [2.24, 2.45) is 0 Å². The van der Waals surface area contributed by atoms with Crippen LogP contribution in [0.15, 0.2) is 41.9 Å². The molecule has 0 N–H and O–H groups in total. The summed E-state index contributed by atoms with van der Waals surface area (Å²) in [4.78, 5) is 17.3. The van der Waals surface area contributed by atoms with E-state index in [9.17, 15) is 4.39 Å². The smallest absolute Gasteiger partial charge is 0.188 e. The molecule has 1 aromatic carbocycles. The Bertz CT molecular complexity index is 1590. The number of hydrogen-bond donors (Lipinski definition) is 0. The second kappa shape index (κ2) is 13.2. The number of fused-ring (bicyclic) bond motifs is 1. The summed E-state index contributed by atoms with van der Waals surface area (Å²) < 4.78 is 26.0. The molecule has 1 aliphatic heterocycles. The number of ether oxygens (including phenoxy) is 2. The van der Waals surface area contributed by atoms with Crippen LogP contribution in [0.5, 0.6) is 5.75 Å². The van der Waals surface area contributed by atoms with E-state index in [1.165, 1.54) is 31.0 Å². The number of aromatic nitrogens is 3. The number of pyridine rings is 1. The Morgan fingerprint density at radius 2 is 1.82 bits per heavy atom. The normalized spacial score (nSPS) is 16.4. The number of benzene rings is 1. The van der Waals surface area contributed by atoms with Gasteiger partial charge in [0.25, 0.3) is 0 Å². The van der Waals surface area contributed by atoms with E-state index in [-0.39, 0.29) is 12.3 Å². The van der Waals surface area contributed by atoms with Crippen LogP contribution in [0.25, 0.3) is 27.7 Å².